The van der Waals surface area contributed by atoms with Gasteiger partial charge in [-0.3, -0.25) is 0 Å². The number of aliphatic hydroxyl groups excluding tert-OH is 1. The number of aromatic nitrogens is 2. The molecule has 0 amide bonds. The molecule has 0 radical (unpaired) electrons. The molecular weight excluding hydrogens is 210 g/mol. The van der Waals surface area contributed by atoms with Gasteiger partial charge in [0.15, 0.2) is 5.84 Å². The van der Waals surface area contributed by atoms with E-state index < -0.39 is 0 Å². The molecule has 0 aliphatic heterocycles. The van der Waals surface area contributed by atoms with Crippen molar-refractivity contribution in [1.82, 2.24) is 9.97 Å². The van der Waals surface area contributed by atoms with Crippen molar-refractivity contribution in [2.45, 2.75) is 6.92 Å². The van der Waals surface area contributed by atoms with Gasteiger partial charge in [0.1, 0.15) is 11.5 Å². The lowest BCUT2D eigenvalue weighted by Crippen LogP contribution is -2.27. The molecule has 0 saturated heterocycles. The van der Waals surface area contributed by atoms with E-state index in [1.807, 2.05) is 11.8 Å². The van der Waals surface area contributed by atoms with Gasteiger partial charge in [-0.15, -0.1) is 0 Å². The predicted molar refractivity (Wildman–Crippen MR) is 59.5 cm³/mol. The number of oxime groups is 1. The third-order valence-corrected chi connectivity index (χ3v) is 2.08. The summed E-state index contributed by atoms with van der Waals surface area (Å²) in [7, 11) is 0. The van der Waals surface area contributed by atoms with Gasteiger partial charge in [0.25, 0.3) is 0 Å². The topological polar surface area (TPSA) is 108 Å². The van der Waals surface area contributed by atoms with E-state index in [0.29, 0.717) is 18.1 Å². The van der Waals surface area contributed by atoms with Crippen molar-refractivity contribution in [2.24, 2.45) is 10.9 Å². The lowest BCUT2D eigenvalue weighted by atomic mass is 10.4. The summed E-state index contributed by atoms with van der Waals surface area (Å²) in [6.07, 6.45) is 2.94. The van der Waals surface area contributed by atoms with Crippen LogP contribution in [0.1, 0.15) is 12.6 Å². The summed E-state index contributed by atoms with van der Waals surface area (Å²) in [5.41, 5.74) is 5.67. The van der Waals surface area contributed by atoms with Crippen LogP contribution < -0.4 is 10.6 Å². The zero-order valence-electron chi connectivity index (χ0n) is 9.04. The van der Waals surface area contributed by atoms with Gasteiger partial charge in [0.2, 0.25) is 0 Å². The molecular formula is C9H15N5O2. The van der Waals surface area contributed by atoms with Gasteiger partial charge < -0.3 is 20.9 Å². The first kappa shape index (κ1) is 12.2. The molecule has 0 aromatic carbocycles. The molecule has 1 aromatic heterocycles. The van der Waals surface area contributed by atoms with Crippen LogP contribution in [0, 0.1) is 0 Å². The highest BCUT2D eigenvalue weighted by Crippen LogP contribution is 2.07. The Bertz CT molecular complexity index is 351. The fourth-order valence-electron chi connectivity index (χ4n) is 1.22. The van der Waals surface area contributed by atoms with Crippen molar-refractivity contribution < 1.29 is 10.3 Å². The lowest BCUT2D eigenvalue weighted by Gasteiger charge is -2.20. The second kappa shape index (κ2) is 5.86. The lowest BCUT2D eigenvalue weighted by molar-refractivity contribution is 0.302. The molecule has 0 unspecified atom stereocenters. The highest BCUT2D eigenvalue weighted by Gasteiger charge is 2.07. The van der Waals surface area contributed by atoms with Crippen LogP contribution in [-0.4, -0.2) is 45.8 Å². The summed E-state index contributed by atoms with van der Waals surface area (Å²) >= 11 is 0. The number of rotatable bonds is 5. The molecule has 0 saturated carbocycles. The van der Waals surface area contributed by atoms with Crippen LogP contribution in [0.2, 0.25) is 0 Å². The maximum Gasteiger partial charge on any atom is 0.190 e. The largest absolute Gasteiger partial charge is 0.409 e. The van der Waals surface area contributed by atoms with E-state index in [4.69, 9.17) is 16.0 Å². The molecule has 7 heteroatoms. The van der Waals surface area contributed by atoms with E-state index in [1.54, 1.807) is 0 Å². The number of nitrogens with zero attached hydrogens (tertiary/aromatic N) is 4. The molecule has 1 rings (SSSR count). The predicted octanol–water partition coefficient (Wildman–Crippen LogP) is -0.610. The summed E-state index contributed by atoms with van der Waals surface area (Å²) < 4.78 is 0. The van der Waals surface area contributed by atoms with Gasteiger partial charge in [0.05, 0.1) is 19.0 Å². The molecule has 88 valence electrons. The van der Waals surface area contributed by atoms with Gasteiger partial charge in [-0.2, -0.15) is 0 Å². The molecule has 0 atom stereocenters. The Kier molecular flexibility index (Phi) is 4.46. The molecule has 16 heavy (non-hydrogen) atoms. The Hall–Kier alpha value is -1.89. The molecule has 0 aliphatic carbocycles. The van der Waals surface area contributed by atoms with Crippen LogP contribution in [0.3, 0.4) is 0 Å². The van der Waals surface area contributed by atoms with Crippen LogP contribution in [0.4, 0.5) is 5.82 Å². The van der Waals surface area contributed by atoms with Crippen molar-refractivity contribution in [1.29, 1.82) is 0 Å². The van der Waals surface area contributed by atoms with E-state index in [0.717, 1.165) is 6.54 Å². The van der Waals surface area contributed by atoms with E-state index in [2.05, 4.69) is 15.1 Å². The van der Waals surface area contributed by atoms with E-state index in [9.17, 15) is 0 Å². The van der Waals surface area contributed by atoms with Crippen molar-refractivity contribution >= 4 is 11.7 Å². The van der Waals surface area contributed by atoms with Crippen molar-refractivity contribution in [3.05, 3.63) is 18.1 Å². The second-order valence-electron chi connectivity index (χ2n) is 3.05. The molecule has 0 aliphatic rings. The quantitative estimate of drug-likeness (QED) is 0.267. The zero-order chi connectivity index (χ0) is 12.0. The first-order valence-corrected chi connectivity index (χ1v) is 4.88. The van der Waals surface area contributed by atoms with Gasteiger partial charge in [-0.25, -0.2) is 9.97 Å². The minimum atomic E-state index is -0.0794. The summed E-state index contributed by atoms with van der Waals surface area (Å²) in [5, 5.41) is 20.1. The fourth-order valence-corrected chi connectivity index (χ4v) is 1.22. The first-order valence-electron chi connectivity index (χ1n) is 4.88. The maximum absolute atomic E-state index is 8.85. The number of nitrogens with two attached hydrogens (primary N) is 1. The molecule has 1 heterocycles. The molecule has 1 aromatic rings. The maximum atomic E-state index is 8.85. The van der Waals surface area contributed by atoms with Crippen molar-refractivity contribution in [3.8, 4) is 0 Å². The fraction of sp³-hybridized carbons (Fsp3) is 0.444. The monoisotopic (exact) mass is 225 g/mol. The van der Waals surface area contributed by atoms with Gasteiger partial charge in [-0.05, 0) is 6.92 Å². The normalized spacial score (nSPS) is 11.5. The molecule has 0 fully saturated rings. The van der Waals surface area contributed by atoms with Crippen LogP contribution in [0.15, 0.2) is 17.5 Å². The van der Waals surface area contributed by atoms with Crippen LogP contribution in [-0.2, 0) is 0 Å². The average Bonchev–Trinajstić information content (AvgIpc) is 2.35. The minimum absolute atomic E-state index is 0.0531. The van der Waals surface area contributed by atoms with Gasteiger partial charge in [-0.1, -0.05) is 5.16 Å². The zero-order valence-corrected chi connectivity index (χ0v) is 9.04. The van der Waals surface area contributed by atoms with Crippen molar-refractivity contribution in [3.63, 3.8) is 0 Å². The number of amidine groups is 1. The summed E-state index contributed by atoms with van der Waals surface area (Å²) in [6, 6.07) is 0. The Morgan fingerprint density at radius 3 is 2.69 bits per heavy atom. The average molecular weight is 225 g/mol. The molecule has 0 bridgehead atoms. The minimum Gasteiger partial charge on any atom is -0.409 e. The number of hydrogen-bond acceptors (Lipinski definition) is 6. The number of aliphatic hydroxyl groups is 1. The number of hydrogen-bond donors (Lipinski definition) is 3. The molecule has 7 nitrogen and oxygen atoms in total. The second-order valence-corrected chi connectivity index (χ2v) is 3.05. The number of likely N-dealkylation sites (N-methyl/N-ethyl adjacent to an activating group) is 1. The Morgan fingerprint density at radius 1 is 1.50 bits per heavy atom. The van der Waals surface area contributed by atoms with E-state index in [1.165, 1.54) is 12.4 Å². The van der Waals surface area contributed by atoms with Crippen LogP contribution in [0.25, 0.3) is 0 Å². The third kappa shape index (κ3) is 2.80. The summed E-state index contributed by atoms with van der Waals surface area (Å²) in [6.45, 7) is 3.22. The SMILES string of the molecule is CCN(CCO)c1cnc(C(N)=NO)cn1. The summed E-state index contributed by atoms with van der Waals surface area (Å²) in [5.74, 6) is 0.565. The molecule has 0 spiro atoms. The molecule has 4 N–H and O–H groups in total. The van der Waals surface area contributed by atoms with Gasteiger partial charge in [0, 0.05) is 13.1 Å². The first-order chi connectivity index (χ1) is 7.72. The van der Waals surface area contributed by atoms with Crippen LogP contribution in [0.5, 0.6) is 0 Å². The summed E-state index contributed by atoms with van der Waals surface area (Å²) in [4.78, 5) is 9.98. The Labute approximate surface area is 93.2 Å². The van der Waals surface area contributed by atoms with E-state index in [-0.39, 0.29) is 12.4 Å². The third-order valence-electron chi connectivity index (χ3n) is 2.08. The highest BCUT2D eigenvalue weighted by atomic mass is 16.4. The van der Waals surface area contributed by atoms with E-state index >= 15 is 0 Å². The Morgan fingerprint density at radius 2 is 2.25 bits per heavy atom. The standard InChI is InChI=1S/C9H15N5O2/c1-2-14(3-4-15)8-6-11-7(5-12-8)9(10)13-16/h5-6,15-16H,2-4H2,1H3,(H2,10,13). The highest BCUT2D eigenvalue weighted by molar-refractivity contribution is 5.94. The van der Waals surface area contributed by atoms with Crippen LogP contribution >= 0.6 is 0 Å². The smallest absolute Gasteiger partial charge is 0.190 e. The van der Waals surface area contributed by atoms with Crippen molar-refractivity contribution in [2.75, 3.05) is 24.6 Å². The van der Waals surface area contributed by atoms with Gasteiger partial charge >= 0.3 is 0 Å². The number of anilines is 1. The Balaban J connectivity index is 2.84.